The number of thioether (sulfide) groups is 1. The highest BCUT2D eigenvalue weighted by molar-refractivity contribution is 8.00. The van der Waals surface area contributed by atoms with Crippen LogP contribution in [0.2, 0.25) is 0 Å². The Balaban J connectivity index is 1.41. The summed E-state index contributed by atoms with van der Waals surface area (Å²) >= 11 is 1.22. The zero-order chi connectivity index (χ0) is 32.7. The summed E-state index contributed by atoms with van der Waals surface area (Å²) < 4.78 is 33.3. The molecule has 1 amide bonds. The molecule has 2 aromatic heterocycles. The summed E-state index contributed by atoms with van der Waals surface area (Å²) in [6, 6.07) is 30.5. The van der Waals surface area contributed by atoms with E-state index in [1.165, 1.54) is 42.2 Å². The van der Waals surface area contributed by atoms with Crippen LogP contribution in [0, 0.1) is 18.3 Å². The van der Waals surface area contributed by atoms with Gasteiger partial charge in [-0.3, -0.25) is 9.52 Å². The summed E-state index contributed by atoms with van der Waals surface area (Å²) in [5, 5.41) is 13.0. The van der Waals surface area contributed by atoms with Gasteiger partial charge in [0.25, 0.3) is 10.0 Å². The van der Waals surface area contributed by atoms with Crippen molar-refractivity contribution in [3.8, 4) is 34.2 Å². The maximum atomic E-state index is 13.5. The predicted octanol–water partition coefficient (Wildman–Crippen LogP) is 7.31. The first-order valence-electron chi connectivity index (χ1n) is 14.4. The molecule has 11 heteroatoms. The number of benzene rings is 3. The second kappa shape index (κ2) is 14.3. The highest BCUT2D eigenvalue weighted by atomic mass is 32.2. The third-order valence-electron chi connectivity index (χ3n) is 7.10. The summed E-state index contributed by atoms with van der Waals surface area (Å²) in [6.45, 7) is 3.89. The maximum Gasteiger partial charge on any atom is 0.263 e. The SMILES string of the molecule is CCC(Sc1nc(-c2ccc(OC)cc2)cc(-c2ccc(C)cc2)c1C#N)C(=O)Nc1ccc(S(=O)(=O)Nc2ccccn2)cc1. The third-order valence-corrected chi connectivity index (χ3v) is 9.82. The number of ether oxygens (including phenoxy) is 1. The summed E-state index contributed by atoms with van der Waals surface area (Å²) in [4.78, 5) is 22.4. The second-order valence-corrected chi connectivity index (χ2v) is 13.2. The zero-order valence-corrected chi connectivity index (χ0v) is 27.0. The van der Waals surface area contributed by atoms with Crippen molar-refractivity contribution in [3.63, 3.8) is 0 Å². The van der Waals surface area contributed by atoms with Crippen LogP contribution >= 0.6 is 11.8 Å². The number of methoxy groups -OCH3 is 1. The van der Waals surface area contributed by atoms with E-state index in [1.807, 2.05) is 68.4 Å². The summed E-state index contributed by atoms with van der Waals surface area (Å²) in [5.41, 5.74) is 4.99. The third kappa shape index (κ3) is 7.54. The number of sulfonamides is 1. The molecule has 0 aliphatic heterocycles. The molecule has 0 spiro atoms. The fourth-order valence-corrected chi connectivity index (χ4v) is 6.64. The Labute approximate surface area is 272 Å². The molecule has 0 radical (unpaired) electrons. The molecule has 1 unspecified atom stereocenters. The molecule has 9 nitrogen and oxygen atoms in total. The quantitative estimate of drug-likeness (QED) is 0.142. The van der Waals surface area contributed by atoms with E-state index in [9.17, 15) is 18.5 Å². The second-order valence-electron chi connectivity index (χ2n) is 10.3. The van der Waals surface area contributed by atoms with Crippen molar-refractivity contribution in [1.29, 1.82) is 5.26 Å². The van der Waals surface area contributed by atoms with Gasteiger partial charge in [0.15, 0.2) is 0 Å². The van der Waals surface area contributed by atoms with Gasteiger partial charge < -0.3 is 10.1 Å². The number of aryl methyl sites for hydroxylation is 1. The van der Waals surface area contributed by atoms with Gasteiger partial charge in [-0.05, 0) is 85.6 Å². The van der Waals surface area contributed by atoms with E-state index in [2.05, 4.69) is 21.1 Å². The largest absolute Gasteiger partial charge is 0.497 e. The maximum absolute atomic E-state index is 13.5. The molecular weight excluding hydrogens is 619 g/mol. The van der Waals surface area contributed by atoms with Crippen LogP contribution in [0.15, 0.2) is 113 Å². The van der Waals surface area contributed by atoms with Crippen LogP contribution in [0.3, 0.4) is 0 Å². The van der Waals surface area contributed by atoms with Gasteiger partial charge in [0, 0.05) is 23.0 Å². The lowest BCUT2D eigenvalue weighted by molar-refractivity contribution is -0.115. The molecule has 2 N–H and O–H groups in total. The monoisotopic (exact) mass is 649 g/mol. The van der Waals surface area contributed by atoms with Gasteiger partial charge in [-0.2, -0.15) is 5.26 Å². The van der Waals surface area contributed by atoms with Crippen molar-refractivity contribution in [1.82, 2.24) is 9.97 Å². The molecule has 0 aliphatic carbocycles. The number of rotatable bonds is 11. The Kier molecular flexibility index (Phi) is 10.0. The summed E-state index contributed by atoms with van der Waals surface area (Å²) in [7, 11) is -2.26. The number of hydrogen-bond acceptors (Lipinski definition) is 8. The van der Waals surface area contributed by atoms with Gasteiger partial charge in [-0.25, -0.2) is 18.4 Å². The number of nitriles is 1. The molecule has 232 valence electrons. The van der Waals surface area contributed by atoms with Gasteiger partial charge in [-0.1, -0.05) is 54.6 Å². The fraction of sp³-hybridized carbons (Fsp3) is 0.143. The van der Waals surface area contributed by atoms with Crippen molar-refractivity contribution in [2.75, 3.05) is 17.1 Å². The van der Waals surface area contributed by atoms with E-state index in [-0.39, 0.29) is 16.6 Å². The minimum atomic E-state index is -3.86. The van der Waals surface area contributed by atoms with Crippen LogP contribution in [0.5, 0.6) is 5.75 Å². The highest BCUT2D eigenvalue weighted by Gasteiger charge is 2.24. The first-order valence-corrected chi connectivity index (χ1v) is 16.7. The molecule has 0 aliphatic rings. The average Bonchev–Trinajstić information content (AvgIpc) is 3.07. The van der Waals surface area contributed by atoms with Crippen molar-refractivity contribution in [3.05, 3.63) is 114 Å². The summed E-state index contributed by atoms with van der Waals surface area (Å²) in [5.74, 6) is 0.616. The first-order chi connectivity index (χ1) is 22.2. The molecule has 0 bridgehead atoms. The van der Waals surface area contributed by atoms with Crippen LogP contribution in [0.25, 0.3) is 22.4 Å². The van der Waals surface area contributed by atoms with E-state index in [1.54, 1.807) is 25.3 Å². The van der Waals surface area contributed by atoms with Gasteiger partial charge in [0.2, 0.25) is 5.91 Å². The van der Waals surface area contributed by atoms with E-state index in [0.717, 1.165) is 22.3 Å². The number of pyridine rings is 2. The Morgan fingerprint density at radius 1 is 0.978 bits per heavy atom. The number of nitrogens with one attached hydrogen (secondary N) is 2. The molecule has 3 aromatic carbocycles. The predicted molar refractivity (Wildman–Crippen MR) is 181 cm³/mol. The minimum Gasteiger partial charge on any atom is -0.497 e. The molecule has 5 aromatic rings. The Morgan fingerprint density at radius 2 is 1.67 bits per heavy atom. The lowest BCUT2D eigenvalue weighted by Crippen LogP contribution is -2.25. The van der Waals surface area contributed by atoms with Crippen LogP contribution < -0.4 is 14.8 Å². The van der Waals surface area contributed by atoms with Crippen molar-refractivity contribution >= 4 is 39.2 Å². The number of hydrogen-bond donors (Lipinski definition) is 2. The number of aromatic nitrogens is 2. The average molecular weight is 650 g/mol. The lowest BCUT2D eigenvalue weighted by Gasteiger charge is -2.18. The van der Waals surface area contributed by atoms with Gasteiger partial charge in [0.1, 0.15) is 22.7 Å². The minimum absolute atomic E-state index is 0.0272. The standard InChI is InChI=1S/C35H31N5O4S2/c1-4-32(34(41)38-26-14-18-28(19-15-26)46(42,43)40-33-7-5-6-20-37-33)45-35-30(22-36)29(24-10-8-23(2)9-11-24)21-31(39-35)25-12-16-27(44-3)17-13-25/h5-21,32H,4H2,1-3H3,(H,37,40)(H,38,41). The Morgan fingerprint density at radius 3 is 2.28 bits per heavy atom. The van der Waals surface area contributed by atoms with Crippen molar-refractivity contribution < 1.29 is 17.9 Å². The van der Waals surface area contributed by atoms with E-state index < -0.39 is 15.3 Å². The number of carbonyl (C=O) groups is 1. The van der Waals surface area contributed by atoms with E-state index >= 15 is 0 Å². The topological polar surface area (TPSA) is 134 Å². The molecule has 46 heavy (non-hydrogen) atoms. The number of carbonyl (C=O) groups excluding carboxylic acids is 1. The number of anilines is 2. The van der Waals surface area contributed by atoms with E-state index in [4.69, 9.17) is 9.72 Å². The fourth-order valence-electron chi connectivity index (χ4n) is 4.60. The van der Waals surface area contributed by atoms with Crippen molar-refractivity contribution in [2.45, 2.75) is 35.4 Å². The highest BCUT2D eigenvalue weighted by Crippen LogP contribution is 2.37. The van der Waals surface area contributed by atoms with Gasteiger partial charge in [-0.15, -0.1) is 0 Å². The number of amides is 1. The van der Waals surface area contributed by atoms with Crippen LogP contribution in [0.4, 0.5) is 11.5 Å². The van der Waals surface area contributed by atoms with Crippen LogP contribution in [-0.2, 0) is 14.8 Å². The molecule has 5 rings (SSSR count). The summed E-state index contributed by atoms with van der Waals surface area (Å²) in [6.07, 6.45) is 1.95. The molecule has 0 saturated heterocycles. The Hall–Kier alpha value is -5.18. The van der Waals surface area contributed by atoms with Crippen molar-refractivity contribution in [2.24, 2.45) is 0 Å². The van der Waals surface area contributed by atoms with Crippen LogP contribution in [-0.4, -0.2) is 36.7 Å². The molecule has 1 atom stereocenters. The number of nitrogens with zero attached hydrogens (tertiary/aromatic N) is 3. The molecule has 2 heterocycles. The molecular formula is C35H31N5O4S2. The smallest absolute Gasteiger partial charge is 0.263 e. The molecule has 0 fully saturated rings. The normalized spacial score (nSPS) is 11.7. The Bertz CT molecular complexity index is 1980. The van der Waals surface area contributed by atoms with Gasteiger partial charge >= 0.3 is 0 Å². The first kappa shape index (κ1) is 32.2. The van der Waals surface area contributed by atoms with Gasteiger partial charge in [0.05, 0.1) is 28.5 Å². The van der Waals surface area contributed by atoms with Crippen LogP contribution in [0.1, 0.15) is 24.5 Å². The zero-order valence-electron chi connectivity index (χ0n) is 25.4. The molecule has 0 saturated carbocycles. The van der Waals surface area contributed by atoms with E-state index in [0.29, 0.717) is 34.1 Å². The lowest BCUT2D eigenvalue weighted by atomic mass is 9.98.